The lowest BCUT2D eigenvalue weighted by Gasteiger charge is -2.55. The van der Waals surface area contributed by atoms with Gasteiger partial charge in [-0.15, -0.1) is 0 Å². The van der Waals surface area contributed by atoms with Crippen LogP contribution >= 0.6 is 0 Å². The summed E-state index contributed by atoms with van der Waals surface area (Å²) in [5, 5.41) is 10.2. The maximum Gasteiger partial charge on any atom is 0.0578 e. The van der Waals surface area contributed by atoms with E-state index in [1.165, 1.54) is 24.8 Å². The molecule has 0 spiro atoms. The second-order valence-electron chi connectivity index (χ2n) is 11.3. The van der Waals surface area contributed by atoms with Crippen molar-refractivity contribution >= 4 is 0 Å². The van der Waals surface area contributed by atoms with Gasteiger partial charge in [-0.3, -0.25) is 0 Å². The van der Waals surface area contributed by atoms with Crippen LogP contribution in [0.3, 0.4) is 0 Å². The third-order valence-corrected chi connectivity index (χ3v) is 9.14. The molecule has 0 bridgehead atoms. The smallest absolute Gasteiger partial charge is 0.0578 e. The molecule has 3 saturated carbocycles. The molecular weight excluding hydrogens is 340 g/mol. The fourth-order valence-electron chi connectivity index (χ4n) is 7.32. The van der Waals surface area contributed by atoms with Crippen LogP contribution in [0.5, 0.6) is 0 Å². The summed E-state index contributed by atoms with van der Waals surface area (Å²) in [7, 11) is 0. The molecule has 0 heterocycles. The Bertz CT molecular complexity index is 741. The van der Waals surface area contributed by atoms with Gasteiger partial charge in [0.1, 0.15) is 0 Å². The molecule has 0 aromatic carbocycles. The molecule has 28 heavy (non-hydrogen) atoms. The van der Waals surface area contributed by atoms with Crippen LogP contribution in [0.25, 0.3) is 0 Å². The molecule has 4 aliphatic carbocycles. The van der Waals surface area contributed by atoms with E-state index in [0.29, 0.717) is 18.3 Å². The van der Waals surface area contributed by atoms with Crippen molar-refractivity contribution < 1.29 is 7.85 Å². The lowest BCUT2D eigenvalue weighted by atomic mass is 9.50. The second-order valence-corrected chi connectivity index (χ2v) is 11.3. The number of rotatable bonds is 5. The van der Waals surface area contributed by atoms with Gasteiger partial charge in [-0.2, -0.15) is 0 Å². The fraction of sp³-hybridized carbons (Fsp3) is 0.852. The Morgan fingerprint density at radius 2 is 1.82 bits per heavy atom. The average Bonchev–Trinajstić information content (AvgIpc) is 2.94. The van der Waals surface area contributed by atoms with Crippen LogP contribution in [0.2, 0.25) is 0 Å². The molecule has 0 aromatic rings. The second kappa shape index (κ2) is 7.60. The molecule has 1 heteroatoms. The molecular formula is C27H44O. The standard InChI is InChI=1S/C27H44O/c1-18(2)7-6-8-19(3)23-11-12-24-22-10-9-20-17-21(28)13-15-26(20,4)25(22)14-16-27(23,24)5/h9-10,18-19,21,23-25,28H,6-8,11-17H2,1-5H3/t19-,21+,23-,24+,25+,26+,27-/m1/s1/i24D,25D. The Labute approximate surface area is 176 Å². The third-order valence-electron chi connectivity index (χ3n) is 9.14. The van der Waals surface area contributed by atoms with Crippen molar-refractivity contribution in [3.63, 3.8) is 0 Å². The third kappa shape index (κ3) is 3.34. The van der Waals surface area contributed by atoms with Gasteiger partial charge in [-0.05, 0) is 85.3 Å². The van der Waals surface area contributed by atoms with Crippen LogP contribution in [0, 0.1) is 40.4 Å². The summed E-state index contributed by atoms with van der Waals surface area (Å²) >= 11 is 0. The van der Waals surface area contributed by atoms with Gasteiger partial charge in [0.05, 0.1) is 6.10 Å². The molecule has 4 rings (SSSR count). The minimum absolute atomic E-state index is 0.0173. The summed E-state index contributed by atoms with van der Waals surface area (Å²) in [6.07, 6.45) is 14.3. The topological polar surface area (TPSA) is 20.2 Å². The first-order valence-electron chi connectivity index (χ1n) is 13.1. The number of hydrogen-bond donors (Lipinski definition) is 1. The lowest BCUT2D eigenvalue weighted by Crippen LogP contribution is -2.46. The van der Waals surface area contributed by atoms with Gasteiger partial charge in [0.2, 0.25) is 0 Å². The monoisotopic (exact) mass is 386 g/mol. The van der Waals surface area contributed by atoms with E-state index < -0.39 is 11.8 Å². The van der Waals surface area contributed by atoms with Gasteiger partial charge in [-0.25, -0.2) is 0 Å². The molecule has 1 nitrogen and oxygen atoms in total. The molecule has 0 amide bonds. The Hall–Kier alpha value is -0.560. The Balaban J connectivity index is 1.64. The molecule has 0 aromatic heterocycles. The Morgan fingerprint density at radius 1 is 1.04 bits per heavy atom. The minimum Gasteiger partial charge on any atom is -0.393 e. The van der Waals surface area contributed by atoms with Crippen LogP contribution < -0.4 is 0 Å². The number of allylic oxidation sites excluding steroid dienone is 3. The zero-order chi connectivity index (χ0) is 21.9. The Morgan fingerprint density at radius 3 is 2.57 bits per heavy atom. The molecule has 1 N–H and O–H groups in total. The SMILES string of the molecule is [2H][C@]12CC[C@]3(C)[C@@H]([C@H](C)CCCC(C)C)CC[C@@]3([2H])C1=CC=C1C[C@@H](O)CC[C@@]12C. The van der Waals surface area contributed by atoms with E-state index in [1.807, 2.05) is 0 Å². The van der Waals surface area contributed by atoms with E-state index in [2.05, 4.69) is 46.8 Å². The highest BCUT2D eigenvalue weighted by Gasteiger charge is 2.56. The highest BCUT2D eigenvalue weighted by molar-refractivity contribution is 5.38. The molecule has 0 unspecified atom stereocenters. The summed E-state index contributed by atoms with van der Waals surface area (Å²) in [6.45, 7) is 11.7. The summed E-state index contributed by atoms with van der Waals surface area (Å²) in [4.78, 5) is 0. The van der Waals surface area contributed by atoms with E-state index in [4.69, 9.17) is 0 Å². The summed E-state index contributed by atoms with van der Waals surface area (Å²) in [5.74, 6) is 0.751. The van der Waals surface area contributed by atoms with Gasteiger partial charge >= 0.3 is 0 Å². The minimum atomic E-state index is -0.672. The number of aliphatic hydroxyl groups is 1. The van der Waals surface area contributed by atoms with Gasteiger partial charge in [0, 0.05) is 2.74 Å². The maximum absolute atomic E-state index is 10.2. The highest BCUT2D eigenvalue weighted by atomic mass is 16.3. The summed E-state index contributed by atoms with van der Waals surface area (Å²) in [5.41, 5.74) is 2.12. The van der Waals surface area contributed by atoms with Crippen LogP contribution in [-0.2, 0) is 0 Å². The first-order chi connectivity index (χ1) is 14.0. The maximum atomic E-state index is 10.2. The van der Waals surface area contributed by atoms with Crippen LogP contribution in [0.15, 0.2) is 23.3 Å². The number of hydrogen-bond acceptors (Lipinski definition) is 1. The van der Waals surface area contributed by atoms with Crippen molar-refractivity contribution in [3.8, 4) is 0 Å². The predicted octanol–water partition coefficient (Wildman–Crippen LogP) is 7.31. The van der Waals surface area contributed by atoms with Crippen LogP contribution in [0.1, 0.15) is 102 Å². The molecule has 3 fully saturated rings. The van der Waals surface area contributed by atoms with E-state index >= 15 is 0 Å². The van der Waals surface area contributed by atoms with Crippen molar-refractivity contribution in [2.75, 3.05) is 0 Å². The quantitative estimate of drug-likeness (QED) is 0.525. The first kappa shape index (κ1) is 18.2. The Kier molecular flexibility index (Phi) is 4.95. The van der Waals surface area contributed by atoms with Crippen molar-refractivity contribution in [3.05, 3.63) is 23.3 Å². The zero-order valence-electron chi connectivity index (χ0n) is 21.0. The summed E-state index contributed by atoms with van der Waals surface area (Å²) in [6, 6.07) is 0. The van der Waals surface area contributed by atoms with E-state index in [1.54, 1.807) is 0 Å². The van der Waals surface area contributed by atoms with E-state index in [9.17, 15) is 7.85 Å². The van der Waals surface area contributed by atoms with Gasteiger partial charge in [-0.1, -0.05) is 77.2 Å². The lowest BCUT2D eigenvalue weighted by molar-refractivity contribution is 0.0323. The molecule has 0 saturated heterocycles. The average molecular weight is 387 g/mol. The molecule has 158 valence electrons. The molecule has 4 aliphatic rings. The number of aliphatic hydroxyl groups excluding tert-OH is 1. The highest BCUT2D eigenvalue weighted by Crippen LogP contribution is 2.66. The predicted molar refractivity (Wildman–Crippen MR) is 119 cm³/mol. The molecule has 7 atom stereocenters. The van der Waals surface area contributed by atoms with Gasteiger partial charge in [0.15, 0.2) is 0 Å². The normalized spacial score (nSPS) is 50.0. The first-order valence-corrected chi connectivity index (χ1v) is 12.1. The summed E-state index contributed by atoms with van der Waals surface area (Å²) < 4.78 is 19.6. The van der Waals surface area contributed by atoms with Crippen molar-refractivity contribution in [1.29, 1.82) is 0 Å². The van der Waals surface area contributed by atoms with Crippen molar-refractivity contribution in [2.45, 2.75) is 105 Å². The van der Waals surface area contributed by atoms with Crippen molar-refractivity contribution in [1.82, 2.24) is 0 Å². The molecule has 0 radical (unpaired) electrons. The fourth-order valence-corrected chi connectivity index (χ4v) is 7.32. The van der Waals surface area contributed by atoms with Gasteiger partial charge in [0.25, 0.3) is 0 Å². The van der Waals surface area contributed by atoms with Crippen LogP contribution in [-0.4, -0.2) is 11.2 Å². The van der Waals surface area contributed by atoms with E-state index in [0.717, 1.165) is 50.0 Å². The largest absolute Gasteiger partial charge is 0.393 e. The number of fused-ring (bicyclic) bond motifs is 5. The van der Waals surface area contributed by atoms with Gasteiger partial charge < -0.3 is 5.11 Å². The van der Waals surface area contributed by atoms with Crippen LogP contribution in [0.4, 0.5) is 0 Å². The van der Waals surface area contributed by atoms with Crippen molar-refractivity contribution in [2.24, 2.45) is 40.4 Å². The zero-order valence-corrected chi connectivity index (χ0v) is 19.0. The van der Waals surface area contributed by atoms with E-state index in [-0.39, 0.29) is 16.9 Å². The molecule has 0 aliphatic heterocycles.